The van der Waals surface area contributed by atoms with Gasteiger partial charge in [-0.2, -0.15) is 0 Å². The minimum Gasteiger partial charge on any atom is -0.376 e. The lowest BCUT2D eigenvalue weighted by Gasteiger charge is -2.20. The Balaban J connectivity index is 2.46. The molecule has 1 aliphatic heterocycles. The van der Waals surface area contributed by atoms with Crippen molar-refractivity contribution < 1.29 is 34.7 Å². The first-order chi connectivity index (χ1) is 14.1. The molecule has 1 aromatic rings. The van der Waals surface area contributed by atoms with Crippen LogP contribution >= 0.6 is 24.1 Å². The molecule has 1 aromatic heterocycles. The number of nitrogens with one attached hydrogen (secondary N) is 1. The molecule has 1 N–H and O–H groups in total. The number of ether oxygens (including phenoxy) is 2. The molecule has 6 atom stereocenters. The molecule has 14 heteroatoms. The fourth-order valence-corrected chi connectivity index (χ4v) is 5.68. The summed E-state index contributed by atoms with van der Waals surface area (Å²) < 4.78 is 73.1. The van der Waals surface area contributed by atoms with Crippen LogP contribution in [0.3, 0.4) is 0 Å². The van der Waals surface area contributed by atoms with Gasteiger partial charge in [0.25, 0.3) is 5.56 Å². The van der Waals surface area contributed by atoms with Gasteiger partial charge in [-0.15, -0.1) is 0 Å². The first-order valence-electron chi connectivity index (χ1n) is 8.87. The van der Waals surface area contributed by atoms with Gasteiger partial charge >= 0.3 is 29.8 Å². The van der Waals surface area contributed by atoms with Gasteiger partial charge in [0, 0.05) is 31.1 Å². The van der Waals surface area contributed by atoms with Crippen LogP contribution in [0.1, 0.15) is 15.9 Å². The van der Waals surface area contributed by atoms with E-state index in [2.05, 4.69) is 9.51 Å². The van der Waals surface area contributed by atoms with E-state index in [1.807, 2.05) is 0 Å². The van der Waals surface area contributed by atoms with Crippen molar-refractivity contribution in [3.8, 4) is 0 Å². The van der Waals surface area contributed by atoms with E-state index in [9.17, 15) is 23.3 Å². The summed E-state index contributed by atoms with van der Waals surface area (Å²) in [6.45, 7) is 2.75. The third-order valence-corrected chi connectivity index (χ3v) is 7.22. The zero-order valence-electron chi connectivity index (χ0n) is 17.1. The fourth-order valence-electron chi connectivity index (χ4n) is 2.66. The van der Waals surface area contributed by atoms with E-state index in [1.54, 1.807) is 6.92 Å². The number of hydrogen-bond acceptors (Lipinski definition) is 9. The number of aromatic nitrogens is 2. The molecule has 28 heavy (non-hydrogen) atoms. The third-order valence-electron chi connectivity index (χ3n) is 3.86. The van der Waals surface area contributed by atoms with Crippen molar-refractivity contribution in [2.45, 2.75) is 25.4 Å². The van der Waals surface area contributed by atoms with Crippen LogP contribution in [0.25, 0.3) is 0 Å². The van der Waals surface area contributed by atoms with Gasteiger partial charge in [0.15, 0.2) is 12.9 Å². The van der Waals surface area contributed by atoms with E-state index >= 15 is 0 Å². The average molecular weight is 455 g/mol. The van der Waals surface area contributed by atoms with Crippen LogP contribution < -0.4 is 11.2 Å². The van der Waals surface area contributed by atoms with E-state index in [0.717, 1.165) is 17.3 Å². The quantitative estimate of drug-likeness (QED) is 0.556. The fraction of sp³-hybridized carbons (Fsp3) is 0.571. The highest BCUT2D eigenvalue weighted by molar-refractivity contribution is 7.68. The summed E-state index contributed by atoms with van der Waals surface area (Å²) in [7, 11) is -6.14. The Bertz CT molecular complexity index is 1010. The van der Waals surface area contributed by atoms with Crippen molar-refractivity contribution in [3.63, 3.8) is 0 Å². The highest BCUT2D eigenvalue weighted by atomic mass is 31.2. The van der Waals surface area contributed by atoms with Crippen molar-refractivity contribution in [1.82, 2.24) is 9.55 Å². The van der Waals surface area contributed by atoms with Crippen LogP contribution in [0.15, 0.2) is 33.7 Å². The van der Waals surface area contributed by atoms with Gasteiger partial charge in [-0.25, -0.2) is 9.36 Å². The lowest BCUT2D eigenvalue weighted by atomic mass is 10.0. The molecular formula is C14H20N2O9P3+. The Morgan fingerprint density at radius 1 is 1.54 bits per heavy atom. The van der Waals surface area contributed by atoms with Crippen LogP contribution in [0.2, 0.25) is 0 Å². The highest BCUT2D eigenvalue weighted by Gasteiger charge is 2.43. The lowest BCUT2D eigenvalue weighted by Crippen LogP contribution is -2.36. The predicted octanol–water partition coefficient (Wildman–Crippen LogP) is 2.45. The van der Waals surface area contributed by atoms with Crippen molar-refractivity contribution in [2.24, 2.45) is 5.92 Å². The molecule has 0 aromatic carbocycles. The van der Waals surface area contributed by atoms with Crippen LogP contribution in [0.5, 0.6) is 0 Å². The Morgan fingerprint density at radius 3 is 2.82 bits per heavy atom. The van der Waals surface area contributed by atoms with Gasteiger partial charge in [-0.1, -0.05) is 11.2 Å². The Hall–Kier alpha value is -1.31. The van der Waals surface area contributed by atoms with Gasteiger partial charge in [0.1, 0.15) is 12.5 Å². The molecule has 1 aliphatic rings. The smallest absolute Gasteiger partial charge is 0.376 e. The maximum Gasteiger partial charge on any atom is 0.511 e. The van der Waals surface area contributed by atoms with E-state index in [4.69, 9.17) is 16.5 Å². The SMILES string of the molecule is [2H]/C(=C(/[2H])P(=O)(COP=O)O[P+](C)=O)[C@H]1O[C@@H](n2ccc(=O)[nH]c2=O)[C@@H](OC)C1C. The van der Waals surface area contributed by atoms with Crippen LogP contribution in [0.4, 0.5) is 0 Å². The summed E-state index contributed by atoms with van der Waals surface area (Å²) in [5, 5.41) is 0. The molecule has 0 spiro atoms. The van der Waals surface area contributed by atoms with E-state index < -0.39 is 77.9 Å². The lowest BCUT2D eigenvalue weighted by molar-refractivity contribution is -0.0444. The molecule has 0 amide bonds. The van der Waals surface area contributed by atoms with E-state index in [-0.39, 0.29) is 0 Å². The molecule has 0 aliphatic carbocycles. The maximum absolute atomic E-state index is 13.0. The summed E-state index contributed by atoms with van der Waals surface area (Å²) in [6, 6.07) is 0.554. The number of nitrogens with zero attached hydrogens (tertiary/aromatic N) is 1. The second-order valence-electron chi connectivity index (χ2n) is 5.81. The summed E-state index contributed by atoms with van der Waals surface area (Å²) in [6.07, 6.45) is -2.58. The summed E-state index contributed by atoms with van der Waals surface area (Å²) >= 11 is 0. The van der Waals surface area contributed by atoms with Crippen molar-refractivity contribution in [3.05, 3.63) is 44.9 Å². The molecule has 0 bridgehead atoms. The van der Waals surface area contributed by atoms with E-state index in [1.165, 1.54) is 13.3 Å². The van der Waals surface area contributed by atoms with Crippen LogP contribution in [0, 0.1) is 5.92 Å². The first-order valence-corrected chi connectivity index (χ1v) is 12.0. The van der Waals surface area contributed by atoms with Crippen molar-refractivity contribution in [2.75, 3.05) is 20.1 Å². The Labute approximate surface area is 165 Å². The van der Waals surface area contributed by atoms with Gasteiger partial charge in [0.05, 0.1) is 8.85 Å². The number of H-pyrrole nitrogens is 1. The molecule has 1 fully saturated rings. The second kappa shape index (κ2) is 9.94. The summed E-state index contributed by atoms with van der Waals surface area (Å²) in [4.78, 5) is 25.5. The minimum atomic E-state index is -4.25. The molecule has 1 saturated heterocycles. The maximum atomic E-state index is 13.0. The standard InChI is InChI=1S/C14H19N2O9P3/c1-9-10(5-7-28(21,8-23-26-19)25-27(3)20)24-13(12(9)22-2)16-6-4-11(17)15-14(16)18/h4-7,9-10,12-13H,8H2,1-3H3/p+1/b7-5+/t9?,10-,12+,13-,28?/m1/s1/i5D,7D. The molecule has 154 valence electrons. The largest absolute Gasteiger partial charge is 0.511 e. The highest BCUT2D eigenvalue weighted by Crippen LogP contribution is 2.56. The van der Waals surface area contributed by atoms with Crippen LogP contribution in [-0.2, 0) is 32.0 Å². The van der Waals surface area contributed by atoms with Gasteiger partial charge in [0.2, 0.25) is 0 Å². The summed E-state index contributed by atoms with van der Waals surface area (Å²) in [5.74, 6) is -1.41. The molecule has 0 radical (unpaired) electrons. The zero-order valence-corrected chi connectivity index (χ0v) is 17.8. The molecule has 2 rings (SSSR count). The second-order valence-corrected chi connectivity index (χ2v) is 9.58. The first kappa shape index (κ1) is 20.0. The van der Waals surface area contributed by atoms with Crippen LogP contribution in [-0.4, -0.2) is 41.9 Å². The zero-order chi connectivity index (χ0) is 22.6. The average Bonchev–Trinajstić information content (AvgIpc) is 3.00. The number of hydrogen-bond donors (Lipinski definition) is 1. The molecular weight excluding hydrogens is 433 g/mol. The molecule has 3 unspecified atom stereocenters. The number of rotatable bonds is 9. The third kappa shape index (κ3) is 5.61. The molecule has 0 saturated carbocycles. The predicted molar refractivity (Wildman–Crippen MR) is 100 cm³/mol. The molecule has 2 heterocycles. The van der Waals surface area contributed by atoms with Gasteiger partial charge in [-0.05, 0) is 10.6 Å². The summed E-state index contributed by atoms with van der Waals surface area (Å²) in [5.41, 5.74) is -1.37. The number of methoxy groups -OCH3 is 1. The minimum absolute atomic E-state index is 0.559. The van der Waals surface area contributed by atoms with Crippen molar-refractivity contribution >= 4 is 24.1 Å². The van der Waals surface area contributed by atoms with Gasteiger partial charge in [-0.3, -0.25) is 23.4 Å². The Kier molecular flexibility index (Phi) is 7.09. The molecule has 11 nitrogen and oxygen atoms in total. The van der Waals surface area contributed by atoms with Gasteiger partial charge < -0.3 is 9.47 Å². The van der Waals surface area contributed by atoms with Crippen molar-refractivity contribution in [1.29, 1.82) is 0 Å². The number of aromatic amines is 1. The van der Waals surface area contributed by atoms with E-state index in [0.29, 0.717) is 0 Å². The normalized spacial score (nSPS) is 29.6. The Morgan fingerprint density at radius 2 is 2.25 bits per heavy atom. The topological polar surface area (TPSA) is 143 Å². The monoisotopic (exact) mass is 455 g/mol.